The van der Waals surface area contributed by atoms with Crippen LogP contribution in [0, 0.1) is 5.41 Å². The molecule has 0 aromatic carbocycles. The van der Waals surface area contributed by atoms with Gasteiger partial charge in [0, 0.05) is 0 Å². The van der Waals surface area contributed by atoms with Crippen molar-refractivity contribution in [1.82, 2.24) is 0 Å². The lowest BCUT2D eigenvalue weighted by Crippen LogP contribution is -2.44. The highest BCUT2D eigenvalue weighted by Crippen LogP contribution is 2.26. The van der Waals surface area contributed by atoms with Crippen molar-refractivity contribution in [2.45, 2.75) is 33.6 Å². The van der Waals surface area contributed by atoms with Crippen molar-refractivity contribution < 1.29 is 19.5 Å². The van der Waals surface area contributed by atoms with E-state index in [1.165, 1.54) is 0 Å². The van der Waals surface area contributed by atoms with E-state index in [0.29, 0.717) is 6.42 Å². The molecule has 1 N–H and O–H groups in total. The van der Waals surface area contributed by atoms with Crippen molar-refractivity contribution in [2.75, 3.05) is 0 Å². The Morgan fingerprint density at radius 2 is 1.54 bits per heavy atom. The summed E-state index contributed by atoms with van der Waals surface area (Å²) in [5, 5.41) is 8.85. The lowest BCUT2D eigenvalue weighted by atomic mass is 9.76. The number of rotatable bonds is 5. The van der Waals surface area contributed by atoms with E-state index in [9.17, 15) is 14.4 Å². The largest absolute Gasteiger partial charge is 0.480 e. The zero-order valence-electron chi connectivity index (χ0n) is 8.09. The first kappa shape index (κ1) is 11.8. The monoisotopic (exact) mass is 186 g/mol. The van der Waals surface area contributed by atoms with Crippen LogP contribution in [0.2, 0.25) is 0 Å². The van der Waals surface area contributed by atoms with Gasteiger partial charge in [0.1, 0.15) is 0 Å². The number of hydrogen-bond acceptors (Lipinski definition) is 3. The maximum Gasteiger partial charge on any atom is 0.324 e. The van der Waals surface area contributed by atoms with E-state index in [1.807, 2.05) is 0 Å². The molecule has 0 rings (SSSR count). The van der Waals surface area contributed by atoms with Crippen molar-refractivity contribution in [3.05, 3.63) is 0 Å². The summed E-state index contributed by atoms with van der Waals surface area (Å²) < 4.78 is 0. The number of carboxylic acids is 1. The van der Waals surface area contributed by atoms with E-state index < -0.39 is 23.0 Å². The highest BCUT2D eigenvalue weighted by molar-refractivity contribution is 6.20. The quantitative estimate of drug-likeness (QED) is 0.651. The van der Waals surface area contributed by atoms with Crippen LogP contribution in [0.4, 0.5) is 0 Å². The first-order valence-electron chi connectivity index (χ1n) is 4.15. The van der Waals surface area contributed by atoms with Crippen LogP contribution < -0.4 is 0 Å². The summed E-state index contributed by atoms with van der Waals surface area (Å²) >= 11 is 0. The summed E-state index contributed by atoms with van der Waals surface area (Å²) in [6.07, 6.45) is 0.568. The van der Waals surface area contributed by atoms with Crippen LogP contribution in [0.3, 0.4) is 0 Å². The summed E-state index contributed by atoms with van der Waals surface area (Å²) in [7, 11) is 0. The number of carbonyl (C=O) groups excluding carboxylic acids is 2. The predicted octanol–water partition coefficient (Wildman–Crippen LogP) is 1.04. The van der Waals surface area contributed by atoms with Gasteiger partial charge in [-0.05, 0) is 20.3 Å². The Hall–Kier alpha value is -1.19. The Kier molecular flexibility index (Phi) is 3.78. The van der Waals surface area contributed by atoms with Crippen molar-refractivity contribution in [3.8, 4) is 0 Å². The summed E-state index contributed by atoms with van der Waals surface area (Å²) in [5.74, 6) is -2.52. The minimum atomic E-state index is -1.81. The van der Waals surface area contributed by atoms with Crippen LogP contribution in [-0.2, 0) is 14.4 Å². The minimum Gasteiger partial charge on any atom is -0.480 e. The van der Waals surface area contributed by atoms with Gasteiger partial charge >= 0.3 is 5.97 Å². The third kappa shape index (κ3) is 1.94. The zero-order chi connectivity index (χ0) is 10.6. The third-order valence-electron chi connectivity index (χ3n) is 2.19. The number of aliphatic carboxylic acids is 1. The van der Waals surface area contributed by atoms with E-state index in [4.69, 9.17) is 5.11 Å². The Labute approximate surface area is 76.9 Å². The van der Waals surface area contributed by atoms with Crippen LogP contribution in [0.15, 0.2) is 0 Å². The highest BCUT2D eigenvalue weighted by Gasteiger charge is 2.47. The molecule has 0 saturated heterocycles. The summed E-state index contributed by atoms with van der Waals surface area (Å²) in [4.78, 5) is 33.1. The maximum atomic E-state index is 11.1. The second-order valence-corrected chi connectivity index (χ2v) is 3.07. The Morgan fingerprint density at radius 3 is 1.62 bits per heavy atom. The average molecular weight is 186 g/mol. The number of Topliss-reactive ketones (excluding diaryl/α,β-unsaturated/α-hetero) is 2. The smallest absolute Gasteiger partial charge is 0.324 e. The minimum absolute atomic E-state index is 0.0764. The molecule has 0 saturated carbocycles. The molecule has 0 spiro atoms. The molecule has 4 heteroatoms. The number of carbonyl (C=O) groups is 3. The van der Waals surface area contributed by atoms with Gasteiger partial charge in [-0.1, -0.05) is 13.3 Å². The molecule has 0 aliphatic rings. The predicted molar refractivity (Wildman–Crippen MR) is 46.3 cm³/mol. The SMILES string of the molecule is CCCC(C(C)=O)(C(C)=O)C(=O)O. The van der Waals surface area contributed by atoms with Crippen molar-refractivity contribution in [1.29, 1.82) is 0 Å². The molecule has 4 nitrogen and oxygen atoms in total. The third-order valence-corrected chi connectivity index (χ3v) is 2.19. The fourth-order valence-corrected chi connectivity index (χ4v) is 1.38. The number of carboxylic acid groups (broad SMARTS) is 1. The van der Waals surface area contributed by atoms with E-state index in [2.05, 4.69) is 0 Å². The molecular formula is C9H14O4. The fraction of sp³-hybridized carbons (Fsp3) is 0.667. The van der Waals surface area contributed by atoms with Crippen LogP contribution in [0.1, 0.15) is 33.6 Å². The highest BCUT2D eigenvalue weighted by atomic mass is 16.4. The van der Waals surface area contributed by atoms with E-state index in [0.717, 1.165) is 13.8 Å². The molecule has 74 valence electrons. The standard InChI is InChI=1S/C9H14O4/c1-4-5-9(6(2)10,7(3)11)8(12)13/h4-5H2,1-3H3,(H,12,13). The normalized spacial score (nSPS) is 11.0. The zero-order valence-corrected chi connectivity index (χ0v) is 8.09. The van der Waals surface area contributed by atoms with Crippen molar-refractivity contribution in [2.24, 2.45) is 5.41 Å². The summed E-state index contributed by atoms with van der Waals surface area (Å²) in [5.41, 5.74) is -1.81. The summed E-state index contributed by atoms with van der Waals surface area (Å²) in [6.45, 7) is 4.03. The summed E-state index contributed by atoms with van der Waals surface area (Å²) in [6, 6.07) is 0. The van der Waals surface area contributed by atoms with Crippen molar-refractivity contribution in [3.63, 3.8) is 0 Å². The van der Waals surface area contributed by atoms with Gasteiger partial charge in [-0.3, -0.25) is 14.4 Å². The number of hydrogen-bond donors (Lipinski definition) is 1. The Morgan fingerprint density at radius 1 is 1.15 bits per heavy atom. The lowest BCUT2D eigenvalue weighted by Gasteiger charge is -2.22. The molecule has 0 unspecified atom stereocenters. The molecule has 0 aromatic heterocycles. The van der Waals surface area contributed by atoms with E-state index in [-0.39, 0.29) is 6.42 Å². The van der Waals surface area contributed by atoms with Gasteiger partial charge in [0.2, 0.25) is 0 Å². The number of ketones is 2. The van der Waals surface area contributed by atoms with Gasteiger partial charge in [0.15, 0.2) is 17.0 Å². The molecule has 13 heavy (non-hydrogen) atoms. The van der Waals surface area contributed by atoms with Gasteiger partial charge in [-0.25, -0.2) is 0 Å². The van der Waals surface area contributed by atoms with Gasteiger partial charge in [0.05, 0.1) is 0 Å². The fourth-order valence-electron chi connectivity index (χ4n) is 1.38. The maximum absolute atomic E-state index is 11.1. The van der Waals surface area contributed by atoms with E-state index >= 15 is 0 Å². The first-order chi connectivity index (χ1) is 5.89. The lowest BCUT2D eigenvalue weighted by molar-refractivity contribution is -0.159. The van der Waals surface area contributed by atoms with Crippen LogP contribution >= 0.6 is 0 Å². The van der Waals surface area contributed by atoms with Crippen LogP contribution in [0.25, 0.3) is 0 Å². The van der Waals surface area contributed by atoms with Crippen LogP contribution in [-0.4, -0.2) is 22.6 Å². The molecule has 0 fully saturated rings. The van der Waals surface area contributed by atoms with Gasteiger partial charge in [-0.2, -0.15) is 0 Å². The van der Waals surface area contributed by atoms with E-state index in [1.54, 1.807) is 6.92 Å². The topological polar surface area (TPSA) is 71.4 Å². The second kappa shape index (κ2) is 4.16. The Balaban J connectivity index is 5.18. The molecule has 0 atom stereocenters. The Bertz CT molecular complexity index is 206. The molecule has 0 aromatic rings. The molecule has 0 radical (unpaired) electrons. The molecule has 0 amide bonds. The molecule has 0 bridgehead atoms. The van der Waals surface area contributed by atoms with Gasteiger partial charge in [0.25, 0.3) is 0 Å². The van der Waals surface area contributed by atoms with Gasteiger partial charge in [-0.15, -0.1) is 0 Å². The molecule has 0 aliphatic carbocycles. The molecular weight excluding hydrogens is 172 g/mol. The molecule has 0 aliphatic heterocycles. The van der Waals surface area contributed by atoms with Crippen molar-refractivity contribution >= 4 is 17.5 Å². The van der Waals surface area contributed by atoms with Gasteiger partial charge < -0.3 is 5.11 Å². The average Bonchev–Trinajstić information content (AvgIpc) is 1.97. The first-order valence-corrected chi connectivity index (χ1v) is 4.15. The second-order valence-electron chi connectivity index (χ2n) is 3.07. The van der Waals surface area contributed by atoms with Crippen LogP contribution in [0.5, 0.6) is 0 Å². The molecule has 0 heterocycles.